The molecule has 0 aliphatic heterocycles. The zero-order valence-corrected chi connectivity index (χ0v) is 5.91. The third-order valence-corrected chi connectivity index (χ3v) is 1.42. The highest BCUT2D eigenvalue weighted by molar-refractivity contribution is 5.88. The van der Waals surface area contributed by atoms with Crippen molar-refractivity contribution >= 4 is 5.97 Å². The van der Waals surface area contributed by atoms with E-state index in [1.807, 2.05) is 0 Å². The lowest BCUT2D eigenvalue weighted by Crippen LogP contribution is -2.02. The van der Waals surface area contributed by atoms with E-state index in [1.165, 1.54) is 11.7 Å². The van der Waals surface area contributed by atoms with Crippen molar-refractivity contribution in [3.05, 3.63) is 17.5 Å². The van der Waals surface area contributed by atoms with Crippen LogP contribution in [0.1, 0.15) is 16.1 Å². The van der Waals surface area contributed by atoms with E-state index in [9.17, 15) is 9.18 Å². The Balaban J connectivity index is 3.15. The van der Waals surface area contributed by atoms with Crippen LogP contribution >= 0.6 is 0 Å². The van der Waals surface area contributed by atoms with E-state index in [0.717, 1.165) is 6.20 Å². The molecule has 1 aromatic heterocycles. The molecule has 0 saturated carbocycles. The van der Waals surface area contributed by atoms with Crippen LogP contribution < -0.4 is 0 Å². The number of aryl methyl sites for hydroxylation is 1. The van der Waals surface area contributed by atoms with Crippen molar-refractivity contribution in [2.75, 3.05) is 0 Å². The van der Waals surface area contributed by atoms with Crippen LogP contribution in [-0.4, -0.2) is 20.9 Å². The third kappa shape index (κ3) is 1.21. The second-order valence-electron chi connectivity index (χ2n) is 2.07. The second kappa shape index (κ2) is 2.69. The number of halogens is 1. The van der Waals surface area contributed by atoms with E-state index in [2.05, 4.69) is 5.10 Å². The SMILES string of the molecule is Cn1ncc(C(=O)O)c1CF. The predicted octanol–water partition coefficient (Wildman–Crippen LogP) is 0.588. The van der Waals surface area contributed by atoms with Gasteiger partial charge in [-0.15, -0.1) is 0 Å². The Kier molecular flexibility index (Phi) is 1.89. The molecule has 0 spiro atoms. The van der Waals surface area contributed by atoms with Crippen molar-refractivity contribution < 1.29 is 14.3 Å². The molecule has 0 aromatic carbocycles. The fourth-order valence-electron chi connectivity index (χ4n) is 0.800. The molecule has 0 fully saturated rings. The standard InChI is InChI=1S/C6H7FN2O2/c1-9-5(2-7)4(3-8-9)6(10)11/h3H,2H2,1H3,(H,10,11). The van der Waals surface area contributed by atoms with Crippen molar-refractivity contribution in [3.63, 3.8) is 0 Å². The molecule has 0 radical (unpaired) electrons. The van der Waals surface area contributed by atoms with E-state index in [0.29, 0.717) is 0 Å². The van der Waals surface area contributed by atoms with Crippen LogP contribution in [0.5, 0.6) is 0 Å². The van der Waals surface area contributed by atoms with Crippen molar-refractivity contribution in [1.82, 2.24) is 9.78 Å². The molecule has 0 aliphatic carbocycles. The highest BCUT2D eigenvalue weighted by Crippen LogP contribution is 2.08. The van der Waals surface area contributed by atoms with Gasteiger partial charge in [0.25, 0.3) is 0 Å². The van der Waals surface area contributed by atoms with Gasteiger partial charge in [-0.05, 0) is 0 Å². The molecule has 0 bridgehead atoms. The van der Waals surface area contributed by atoms with Gasteiger partial charge in [0.15, 0.2) is 0 Å². The van der Waals surface area contributed by atoms with E-state index >= 15 is 0 Å². The summed E-state index contributed by atoms with van der Waals surface area (Å²) in [6.45, 7) is -0.807. The van der Waals surface area contributed by atoms with Crippen LogP contribution in [0.3, 0.4) is 0 Å². The van der Waals surface area contributed by atoms with E-state index in [4.69, 9.17) is 5.11 Å². The minimum Gasteiger partial charge on any atom is -0.478 e. The van der Waals surface area contributed by atoms with Gasteiger partial charge in [0, 0.05) is 7.05 Å². The molecule has 4 nitrogen and oxygen atoms in total. The van der Waals surface area contributed by atoms with Crippen LogP contribution in [0.4, 0.5) is 4.39 Å². The minimum atomic E-state index is -1.15. The van der Waals surface area contributed by atoms with E-state index in [-0.39, 0.29) is 11.3 Å². The number of hydrogen-bond acceptors (Lipinski definition) is 2. The minimum absolute atomic E-state index is 0.0741. The Morgan fingerprint density at radius 2 is 2.55 bits per heavy atom. The number of carboxylic acid groups (broad SMARTS) is 1. The van der Waals surface area contributed by atoms with Crippen LogP contribution in [0.2, 0.25) is 0 Å². The molecular formula is C6H7FN2O2. The number of hydrogen-bond donors (Lipinski definition) is 1. The average Bonchev–Trinajstić information content (AvgIpc) is 2.30. The summed E-state index contributed by atoms with van der Waals surface area (Å²) in [6.07, 6.45) is 1.14. The molecule has 0 unspecified atom stereocenters. The largest absolute Gasteiger partial charge is 0.478 e. The Morgan fingerprint density at radius 3 is 2.91 bits per heavy atom. The van der Waals surface area contributed by atoms with Crippen molar-refractivity contribution in [1.29, 1.82) is 0 Å². The first kappa shape index (κ1) is 7.71. The molecule has 0 aliphatic rings. The summed E-state index contributed by atoms with van der Waals surface area (Å²) in [5.41, 5.74) is 0.0208. The summed E-state index contributed by atoms with van der Waals surface area (Å²) in [5.74, 6) is -1.15. The smallest absolute Gasteiger partial charge is 0.339 e. The van der Waals surface area contributed by atoms with Crippen molar-refractivity contribution in [3.8, 4) is 0 Å². The number of aromatic carboxylic acids is 1. The van der Waals surface area contributed by atoms with Gasteiger partial charge in [0.05, 0.1) is 11.9 Å². The Hall–Kier alpha value is -1.39. The second-order valence-corrected chi connectivity index (χ2v) is 2.07. The van der Waals surface area contributed by atoms with Gasteiger partial charge in [-0.25, -0.2) is 9.18 Å². The van der Waals surface area contributed by atoms with Crippen molar-refractivity contribution in [2.45, 2.75) is 6.67 Å². The number of rotatable bonds is 2. The zero-order valence-electron chi connectivity index (χ0n) is 5.91. The molecule has 11 heavy (non-hydrogen) atoms. The van der Waals surface area contributed by atoms with Crippen LogP contribution in [0.25, 0.3) is 0 Å². The molecule has 5 heteroatoms. The van der Waals surface area contributed by atoms with Crippen molar-refractivity contribution in [2.24, 2.45) is 7.05 Å². The summed E-state index contributed by atoms with van der Waals surface area (Å²) in [6, 6.07) is 0. The molecule has 0 atom stereocenters. The van der Waals surface area contributed by atoms with Gasteiger partial charge < -0.3 is 5.11 Å². The highest BCUT2D eigenvalue weighted by Gasteiger charge is 2.13. The zero-order chi connectivity index (χ0) is 8.43. The van der Waals surface area contributed by atoms with Crippen LogP contribution in [0, 0.1) is 0 Å². The molecule has 1 heterocycles. The molecule has 1 rings (SSSR count). The maximum atomic E-state index is 12.1. The van der Waals surface area contributed by atoms with Gasteiger partial charge >= 0.3 is 5.97 Å². The van der Waals surface area contributed by atoms with Gasteiger partial charge in [0.2, 0.25) is 0 Å². The lowest BCUT2D eigenvalue weighted by atomic mass is 10.3. The molecule has 1 aromatic rings. The Bertz CT molecular complexity index is 282. The normalized spacial score (nSPS) is 10.0. The number of carboxylic acids is 1. The quantitative estimate of drug-likeness (QED) is 0.685. The summed E-state index contributed by atoms with van der Waals surface area (Å²) >= 11 is 0. The predicted molar refractivity (Wildman–Crippen MR) is 35.0 cm³/mol. The molecule has 0 saturated heterocycles. The van der Waals surface area contributed by atoms with Gasteiger partial charge in [-0.2, -0.15) is 5.10 Å². The first-order chi connectivity index (χ1) is 5.16. The van der Waals surface area contributed by atoms with E-state index < -0.39 is 12.6 Å². The number of alkyl halides is 1. The number of carbonyl (C=O) groups is 1. The molecule has 60 valence electrons. The molecular weight excluding hydrogens is 151 g/mol. The number of nitrogens with zero attached hydrogens (tertiary/aromatic N) is 2. The van der Waals surface area contributed by atoms with Gasteiger partial charge in [-0.1, -0.05) is 0 Å². The maximum Gasteiger partial charge on any atom is 0.339 e. The fourth-order valence-corrected chi connectivity index (χ4v) is 0.800. The summed E-state index contributed by atoms with van der Waals surface area (Å²) in [5, 5.41) is 12.1. The highest BCUT2D eigenvalue weighted by atomic mass is 19.1. The fraction of sp³-hybridized carbons (Fsp3) is 0.333. The monoisotopic (exact) mass is 158 g/mol. The molecule has 0 amide bonds. The third-order valence-electron chi connectivity index (χ3n) is 1.42. The Labute approximate surface area is 62.3 Å². The lowest BCUT2D eigenvalue weighted by molar-refractivity contribution is 0.0694. The maximum absolute atomic E-state index is 12.1. The first-order valence-corrected chi connectivity index (χ1v) is 2.97. The average molecular weight is 158 g/mol. The summed E-state index contributed by atoms with van der Waals surface area (Å²) in [7, 11) is 1.50. The van der Waals surface area contributed by atoms with Gasteiger partial charge in [0.1, 0.15) is 12.2 Å². The van der Waals surface area contributed by atoms with Gasteiger partial charge in [-0.3, -0.25) is 4.68 Å². The summed E-state index contributed by atoms with van der Waals surface area (Å²) < 4.78 is 13.3. The molecule has 1 N–H and O–H groups in total. The number of aromatic nitrogens is 2. The Morgan fingerprint density at radius 1 is 1.91 bits per heavy atom. The van der Waals surface area contributed by atoms with Crippen LogP contribution in [0.15, 0.2) is 6.20 Å². The first-order valence-electron chi connectivity index (χ1n) is 2.97. The van der Waals surface area contributed by atoms with E-state index in [1.54, 1.807) is 0 Å². The topological polar surface area (TPSA) is 55.1 Å². The summed E-state index contributed by atoms with van der Waals surface area (Å²) in [4.78, 5) is 10.4. The lowest BCUT2D eigenvalue weighted by Gasteiger charge is -1.95. The van der Waals surface area contributed by atoms with Crippen LogP contribution in [-0.2, 0) is 13.7 Å².